The number of rotatable bonds is 6. The Kier molecular flexibility index (Phi) is 5.91. The Morgan fingerprint density at radius 1 is 1.33 bits per heavy atom. The molecule has 0 fully saturated rings. The number of benzene rings is 1. The quantitative estimate of drug-likeness (QED) is 0.784. The summed E-state index contributed by atoms with van der Waals surface area (Å²) in [7, 11) is 3.30. The Hall–Kier alpha value is -2.42. The van der Waals surface area contributed by atoms with Crippen LogP contribution in [0, 0.1) is 13.8 Å². The smallest absolute Gasteiger partial charge is 0.243 e. The lowest BCUT2D eigenvalue weighted by molar-refractivity contribution is -0.131. The number of carbonyl (C=O) groups excluding carboxylic acids is 2. The van der Waals surface area contributed by atoms with Crippen molar-refractivity contribution >= 4 is 29.3 Å². The molecule has 1 heterocycles. The van der Waals surface area contributed by atoms with E-state index in [4.69, 9.17) is 0 Å². The largest absolute Gasteiger partial charge is 0.336 e. The number of nitrogens with one attached hydrogen (secondary N) is 1. The number of tetrazole rings is 1. The molecule has 1 aromatic carbocycles. The van der Waals surface area contributed by atoms with E-state index in [1.165, 1.54) is 21.3 Å². The van der Waals surface area contributed by atoms with Crippen molar-refractivity contribution in [1.82, 2.24) is 25.1 Å². The van der Waals surface area contributed by atoms with Crippen LogP contribution in [0.1, 0.15) is 11.1 Å². The molecule has 0 unspecified atom stereocenters. The highest BCUT2D eigenvalue weighted by molar-refractivity contribution is 7.99. The fourth-order valence-electron chi connectivity index (χ4n) is 1.94. The van der Waals surface area contributed by atoms with Gasteiger partial charge in [0.2, 0.25) is 17.0 Å². The van der Waals surface area contributed by atoms with Gasteiger partial charge in [-0.1, -0.05) is 23.9 Å². The number of carbonyl (C=O) groups is 2. The van der Waals surface area contributed by atoms with E-state index in [1.54, 1.807) is 14.1 Å². The highest BCUT2D eigenvalue weighted by Gasteiger charge is 2.15. The molecule has 9 heteroatoms. The molecule has 2 amide bonds. The Morgan fingerprint density at radius 3 is 2.75 bits per heavy atom. The van der Waals surface area contributed by atoms with Crippen LogP contribution in [0.15, 0.2) is 23.4 Å². The molecule has 2 aromatic rings. The summed E-state index contributed by atoms with van der Waals surface area (Å²) in [5, 5.41) is 14.4. The molecule has 0 radical (unpaired) electrons. The van der Waals surface area contributed by atoms with Gasteiger partial charge < -0.3 is 10.2 Å². The van der Waals surface area contributed by atoms with Crippen LogP contribution < -0.4 is 5.32 Å². The molecule has 0 spiro atoms. The van der Waals surface area contributed by atoms with Crippen molar-refractivity contribution in [2.75, 3.05) is 24.7 Å². The third-order valence-electron chi connectivity index (χ3n) is 3.38. The van der Waals surface area contributed by atoms with E-state index in [2.05, 4.69) is 20.8 Å². The van der Waals surface area contributed by atoms with E-state index in [1.807, 2.05) is 32.0 Å². The number of aryl methyl sites for hydroxylation is 3. The minimum atomic E-state index is -0.232. The molecule has 24 heavy (non-hydrogen) atoms. The van der Waals surface area contributed by atoms with Gasteiger partial charge in [-0.15, -0.1) is 5.10 Å². The van der Waals surface area contributed by atoms with Crippen molar-refractivity contribution in [3.05, 3.63) is 29.3 Å². The lowest BCUT2D eigenvalue weighted by Gasteiger charge is -2.17. The van der Waals surface area contributed by atoms with Crippen LogP contribution >= 0.6 is 11.8 Å². The number of hydrogen-bond acceptors (Lipinski definition) is 6. The van der Waals surface area contributed by atoms with E-state index in [0.717, 1.165) is 16.8 Å². The third kappa shape index (κ3) is 4.79. The van der Waals surface area contributed by atoms with Gasteiger partial charge in [-0.05, 0) is 41.5 Å². The second-order valence-electron chi connectivity index (χ2n) is 5.49. The zero-order valence-electron chi connectivity index (χ0n) is 14.1. The molecule has 0 saturated heterocycles. The minimum Gasteiger partial charge on any atom is -0.336 e. The van der Waals surface area contributed by atoms with Crippen molar-refractivity contribution < 1.29 is 9.59 Å². The minimum absolute atomic E-state index is 0.0101. The average molecular weight is 348 g/mol. The maximum atomic E-state index is 12.1. The molecule has 1 N–H and O–H groups in total. The van der Waals surface area contributed by atoms with Crippen molar-refractivity contribution in [3.63, 3.8) is 0 Å². The number of likely N-dealkylation sites (N-methyl/N-ethyl adjacent to an activating group) is 1. The van der Waals surface area contributed by atoms with Crippen molar-refractivity contribution in [2.45, 2.75) is 19.0 Å². The first-order valence-corrected chi connectivity index (χ1v) is 8.31. The average Bonchev–Trinajstić information content (AvgIpc) is 2.93. The molecule has 0 aliphatic carbocycles. The van der Waals surface area contributed by atoms with Crippen LogP contribution in [0.2, 0.25) is 0 Å². The van der Waals surface area contributed by atoms with Gasteiger partial charge in [-0.25, -0.2) is 4.68 Å². The zero-order chi connectivity index (χ0) is 17.7. The maximum absolute atomic E-state index is 12.1. The summed E-state index contributed by atoms with van der Waals surface area (Å²) < 4.78 is 1.49. The van der Waals surface area contributed by atoms with Gasteiger partial charge in [0.15, 0.2) is 0 Å². The monoisotopic (exact) mass is 348 g/mol. The fraction of sp³-hybridized carbons (Fsp3) is 0.400. The molecular formula is C15H20N6O2S. The van der Waals surface area contributed by atoms with Gasteiger partial charge in [-0.2, -0.15) is 0 Å². The first kappa shape index (κ1) is 17.9. The maximum Gasteiger partial charge on any atom is 0.243 e. The molecule has 0 aliphatic rings. The molecule has 128 valence electrons. The third-order valence-corrected chi connectivity index (χ3v) is 4.38. The van der Waals surface area contributed by atoms with Gasteiger partial charge in [0.25, 0.3) is 0 Å². The number of nitrogens with zero attached hydrogens (tertiary/aromatic N) is 5. The Bertz CT molecular complexity index is 745. The molecule has 8 nitrogen and oxygen atoms in total. The van der Waals surface area contributed by atoms with Crippen molar-refractivity contribution in [2.24, 2.45) is 7.05 Å². The molecule has 0 atom stereocenters. The van der Waals surface area contributed by atoms with Crippen LogP contribution in [0.3, 0.4) is 0 Å². The van der Waals surface area contributed by atoms with Crippen LogP contribution in [0.25, 0.3) is 0 Å². The predicted molar refractivity (Wildman–Crippen MR) is 91.7 cm³/mol. The lowest BCUT2D eigenvalue weighted by Crippen LogP contribution is -2.36. The first-order chi connectivity index (χ1) is 11.4. The van der Waals surface area contributed by atoms with Gasteiger partial charge in [0, 0.05) is 19.8 Å². The fourth-order valence-corrected chi connectivity index (χ4v) is 2.73. The molecule has 0 aliphatic heterocycles. The summed E-state index contributed by atoms with van der Waals surface area (Å²) in [6.07, 6.45) is 0. The van der Waals surface area contributed by atoms with Crippen LogP contribution in [-0.2, 0) is 16.6 Å². The lowest BCUT2D eigenvalue weighted by atomic mass is 10.1. The molecule has 2 rings (SSSR count). The van der Waals surface area contributed by atoms with Crippen LogP contribution in [0.5, 0.6) is 0 Å². The Balaban J connectivity index is 1.85. The number of amides is 2. The highest BCUT2D eigenvalue weighted by atomic mass is 32.2. The zero-order valence-corrected chi connectivity index (χ0v) is 14.9. The summed E-state index contributed by atoms with van der Waals surface area (Å²) in [5.41, 5.74) is 2.81. The van der Waals surface area contributed by atoms with Crippen molar-refractivity contribution in [1.29, 1.82) is 0 Å². The molecule has 0 bridgehead atoms. The van der Waals surface area contributed by atoms with Crippen LogP contribution in [-0.4, -0.2) is 56.3 Å². The van der Waals surface area contributed by atoms with E-state index in [0.29, 0.717) is 5.16 Å². The summed E-state index contributed by atoms with van der Waals surface area (Å²) >= 11 is 1.23. The molecule has 0 saturated carbocycles. The van der Waals surface area contributed by atoms with E-state index >= 15 is 0 Å². The normalized spacial score (nSPS) is 10.5. The molecular weight excluding hydrogens is 328 g/mol. The number of anilines is 1. The highest BCUT2D eigenvalue weighted by Crippen LogP contribution is 2.16. The van der Waals surface area contributed by atoms with Gasteiger partial charge >= 0.3 is 0 Å². The Morgan fingerprint density at radius 2 is 2.08 bits per heavy atom. The number of hydrogen-bond donors (Lipinski definition) is 1. The van der Waals surface area contributed by atoms with Crippen LogP contribution in [0.4, 0.5) is 5.69 Å². The summed E-state index contributed by atoms with van der Waals surface area (Å²) in [6.45, 7) is 3.88. The SMILES string of the molecule is Cc1ccc(C)c(NC(=O)CN(C)C(=O)CSc2nnnn2C)c1. The summed E-state index contributed by atoms with van der Waals surface area (Å²) in [4.78, 5) is 25.6. The second kappa shape index (κ2) is 7.91. The van der Waals surface area contributed by atoms with Gasteiger partial charge in [0.1, 0.15) is 0 Å². The summed E-state index contributed by atoms with van der Waals surface area (Å²) in [6, 6.07) is 5.84. The standard InChI is InChI=1S/C15H20N6O2S/c1-10-5-6-11(2)12(7-10)16-13(22)8-20(3)14(23)9-24-15-17-18-19-21(15)4/h5-7H,8-9H2,1-4H3,(H,16,22). The second-order valence-corrected chi connectivity index (χ2v) is 6.43. The topological polar surface area (TPSA) is 93.0 Å². The Labute approximate surface area is 144 Å². The van der Waals surface area contributed by atoms with Crippen molar-refractivity contribution in [3.8, 4) is 0 Å². The number of aromatic nitrogens is 4. The first-order valence-electron chi connectivity index (χ1n) is 7.33. The predicted octanol–water partition coefficient (Wildman–Crippen LogP) is 1.02. The van der Waals surface area contributed by atoms with E-state index in [-0.39, 0.29) is 24.1 Å². The van der Waals surface area contributed by atoms with Gasteiger partial charge in [0.05, 0.1) is 12.3 Å². The van der Waals surface area contributed by atoms with E-state index < -0.39 is 0 Å². The van der Waals surface area contributed by atoms with Gasteiger partial charge in [-0.3, -0.25) is 9.59 Å². The molecule has 1 aromatic heterocycles. The van der Waals surface area contributed by atoms with E-state index in [9.17, 15) is 9.59 Å². The number of thioether (sulfide) groups is 1. The summed E-state index contributed by atoms with van der Waals surface area (Å²) in [5.74, 6) is -0.231.